The van der Waals surface area contributed by atoms with Crippen LogP contribution in [0.5, 0.6) is 0 Å². The molecule has 2 atom stereocenters. The highest BCUT2D eigenvalue weighted by molar-refractivity contribution is 5.82. The lowest BCUT2D eigenvalue weighted by molar-refractivity contribution is 0.314. The van der Waals surface area contributed by atoms with E-state index in [-0.39, 0.29) is 17.8 Å². The minimum atomic E-state index is -0.0527. The highest BCUT2D eigenvalue weighted by Crippen LogP contribution is 2.21. The third kappa shape index (κ3) is 4.03. The summed E-state index contributed by atoms with van der Waals surface area (Å²) >= 11 is 0. The van der Waals surface area contributed by atoms with Gasteiger partial charge in [0.2, 0.25) is 0 Å². The molecule has 0 fully saturated rings. The molecule has 2 aromatic rings. The average molecular weight is 284 g/mol. The molecule has 0 aliphatic heterocycles. The fourth-order valence-corrected chi connectivity index (χ4v) is 2.13. The molecule has 0 saturated heterocycles. The number of pyridine rings is 1. The van der Waals surface area contributed by atoms with Crippen LogP contribution in [-0.2, 0) is 0 Å². The monoisotopic (exact) mass is 284 g/mol. The van der Waals surface area contributed by atoms with Gasteiger partial charge in [-0.2, -0.15) is 0 Å². The second kappa shape index (κ2) is 7.40. The molecule has 4 N–H and O–H groups in total. The van der Waals surface area contributed by atoms with Crippen molar-refractivity contribution < 1.29 is 5.21 Å². The van der Waals surface area contributed by atoms with E-state index in [1.54, 1.807) is 12.4 Å². The molecule has 0 saturated carbocycles. The fraction of sp³-hybridized carbons (Fsp3) is 0.250. The van der Waals surface area contributed by atoms with Gasteiger partial charge in [-0.3, -0.25) is 4.98 Å². The molecule has 2 rings (SSSR count). The van der Waals surface area contributed by atoms with Gasteiger partial charge >= 0.3 is 0 Å². The highest BCUT2D eigenvalue weighted by atomic mass is 16.4. The van der Waals surface area contributed by atoms with Crippen LogP contribution < -0.4 is 11.1 Å². The molecular weight excluding hydrogens is 264 g/mol. The number of hydrogen-bond donors (Lipinski definition) is 3. The number of hydrogen-bond acceptors (Lipinski definition) is 4. The van der Waals surface area contributed by atoms with E-state index >= 15 is 0 Å². The Morgan fingerprint density at radius 1 is 1.19 bits per heavy atom. The van der Waals surface area contributed by atoms with Gasteiger partial charge in [0, 0.05) is 24.9 Å². The van der Waals surface area contributed by atoms with Crippen LogP contribution in [0.25, 0.3) is 0 Å². The minimum absolute atomic E-state index is 0.0446. The van der Waals surface area contributed by atoms with Crippen molar-refractivity contribution in [2.45, 2.75) is 13.0 Å². The summed E-state index contributed by atoms with van der Waals surface area (Å²) in [4.78, 5) is 4.06. The largest absolute Gasteiger partial charge is 0.409 e. The molecule has 0 spiro atoms. The Morgan fingerprint density at radius 2 is 1.81 bits per heavy atom. The molecule has 2 unspecified atom stereocenters. The van der Waals surface area contributed by atoms with Crippen LogP contribution in [0.15, 0.2) is 60.0 Å². The molecule has 5 nitrogen and oxygen atoms in total. The van der Waals surface area contributed by atoms with Crippen molar-refractivity contribution in [1.82, 2.24) is 10.3 Å². The zero-order chi connectivity index (χ0) is 15.1. The second-order valence-corrected chi connectivity index (χ2v) is 4.96. The highest BCUT2D eigenvalue weighted by Gasteiger charge is 2.16. The van der Waals surface area contributed by atoms with E-state index < -0.39 is 0 Å². The van der Waals surface area contributed by atoms with Crippen LogP contribution in [0.2, 0.25) is 0 Å². The zero-order valence-electron chi connectivity index (χ0n) is 12.0. The van der Waals surface area contributed by atoms with Gasteiger partial charge in [0.25, 0.3) is 0 Å². The van der Waals surface area contributed by atoms with Gasteiger partial charge in [-0.15, -0.1) is 0 Å². The average Bonchev–Trinajstić information content (AvgIpc) is 2.56. The number of oxime groups is 1. The number of nitrogens with zero attached hydrogens (tertiary/aromatic N) is 2. The first-order valence-electron chi connectivity index (χ1n) is 6.88. The standard InChI is InChI=1S/C16H20N4O/c1-12(16(17)20-21)11-19-15(13-5-3-2-4-6-13)14-7-9-18-10-8-14/h2-10,12,15,19,21H,11H2,1H3,(H2,17,20). The number of amidine groups is 1. The Bertz CT molecular complexity index is 532. The smallest absolute Gasteiger partial charge is 0.143 e. The van der Waals surface area contributed by atoms with Gasteiger partial charge in [0.05, 0.1) is 6.04 Å². The van der Waals surface area contributed by atoms with Crippen LogP contribution in [0, 0.1) is 5.92 Å². The predicted octanol–water partition coefficient (Wildman–Crippen LogP) is 2.14. The summed E-state index contributed by atoms with van der Waals surface area (Å²) in [5, 5.41) is 15.3. The van der Waals surface area contributed by atoms with Crippen molar-refractivity contribution in [2.24, 2.45) is 16.8 Å². The summed E-state index contributed by atoms with van der Waals surface area (Å²) in [6.45, 7) is 2.52. The second-order valence-electron chi connectivity index (χ2n) is 4.96. The SMILES string of the molecule is CC(CNC(c1ccccc1)c1ccncc1)C(N)=NO. The van der Waals surface area contributed by atoms with Gasteiger partial charge in [-0.05, 0) is 23.3 Å². The zero-order valence-corrected chi connectivity index (χ0v) is 12.0. The summed E-state index contributed by atoms with van der Waals surface area (Å²) < 4.78 is 0. The van der Waals surface area contributed by atoms with Crippen molar-refractivity contribution in [3.63, 3.8) is 0 Å². The van der Waals surface area contributed by atoms with E-state index in [0.717, 1.165) is 11.1 Å². The molecule has 1 heterocycles. The van der Waals surface area contributed by atoms with Crippen LogP contribution in [-0.4, -0.2) is 22.6 Å². The number of rotatable bonds is 6. The van der Waals surface area contributed by atoms with Gasteiger partial charge in [-0.25, -0.2) is 0 Å². The maximum atomic E-state index is 8.73. The molecule has 110 valence electrons. The maximum Gasteiger partial charge on any atom is 0.143 e. The lowest BCUT2D eigenvalue weighted by atomic mass is 9.99. The van der Waals surface area contributed by atoms with Gasteiger partial charge in [-0.1, -0.05) is 42.4 Å². The van der Waals surface area contributed by atoms with Gasteiger partial charge < -0.3 is 16.3 Å². The Morgan fingerprint density at radius 3 is 2.43 bits per heavy atom. The molecule has 21 heavy (non-hydrogen) atoms. The molecule has 0 aliphatic carbocycles. The molecule has 0 amide bonds. The van der Waals surface area contributed by atoms with E-state index in [9.17, 15) is 0 Å². The van der Waals surface area contributed by atoms with E-state index in [0.29, 0.717) is 6.54 Å². The Hall–Kier alpha value is -2.40. The molecule has 0 bridgehead atoms. The van der Waals surface area contributed by atoms with Gasteiger partial charge in [0.1, 0.15) is 5.84 Å². The summed E-state index contributed by atoms with van der Waals surface area (Å²) in [7, 11) is 0. The third-order valence-electron chi connectivity index (χ3n) is 3.42. The molecule has 1 aromatic heterocycles. The number of nitrogens with two attached hydrogens (primary N) is 1. The number of nitrogens with one attached hydrogen (secondary N) is 1. The first kappa shape index (κ1) is 15.0. The minimum Gasteiger partial charge on any atom is -0.409 e. The van der Waals surface area contributed by atoms with E-state index in [1.165, 1.54) is 0 Å². The van der Waals surface area contributed by atoms with Crippen molar-refractivity contribution >= 4 is 5.84 Å². The van der Waals surface area contributed by atoms with Crippen LogP contribution in [0.3, 0.4) is 0 Å². The van der Waals surface area contributed by atoms with Crippen molar-refractivity contribution in [1.29, 1.82) is 0 Å². The predicted molar refractivity (Wildman–Crippen MR) is 83.1 cm³/mol. The Kier molecular flexibility index (Phi) is 5.29. The van der Waals surface area contributed by atoms with E-state index in [2.05, 4.69) is 27.6 Å². The molecule has 0 radical (unpaired) electrons. The molecular formula is C16H20N4O. The van der Waals surface area contributed by atoms with E-state index in [4.69, 9.17) is 10.9 Å². The van der Waals surface area contributed by atoms with E-state index in [1.807, 2.05) is 37.3 Å². The molecule has 0 aliphatic rings. The van der Waals surface area contributed by atoms with Crippen LogP contribution in [0.4, 0.5) is 0 Å². The van der Waals surface area contributed by atoms with Crippen LogP contribution >= 0.6 is 0 Å². The fourth-order valence-electron chi connectivity index (χ4n) is 2.13. The topological polar surface area (TPSA) is 83.5 Å². The third-order valence-corrected chi connectivity index (χ3v) is 3.42. The molecule has 5 heteroatoms. The van der Waals surface area contributed by atoms with Gasteiger partial charge in [0.15, 0.2) is 0 Å². The van der Waals surface area contributed by atoms with Crippen molar-refractivity contribution in [3.8, 4) is 0 Å². The Labute approximate surface area is 124 Å². The van der Waals surface area contributed by atoms with Crippen molar-refractivity contribution in [2.75, 3.05) is 6.54 Å². The lowest BCUT2D eigenvalue weighted by Crippen LogP contribution is -2.33. The summed E-state index contributed by atoms with van der Waals surface area (Å²) in [5.74, 6) is 0.173. The number of aromatic nitrogens is 1. The van der Waals surface area contributed by atoms with Crippen molar-refractivity contribution in [3.05, 3.63) is 66.0 Å². The lowest BCUT2D eigenvalue weighted by Gasteiger charge is -2.21. The normalized spacial score (nSPS) is 14.6. The van der Waals surface area contributed by atoms with Crippen LogP contribution in [0.1, 0.15) is 24.1 Å². The first-order valence-corrected chi connectivity index (χ1v) is 6.88. The maximum absolute atomic E-state index is 8.73. The Balaban J connectivity index is 2.18. The quantitative estimate of drug-likeness (QED) is 0.328. The summed E-state index contributed by atoms with van der Waals surface area (Å²) in [5.41, 5.74) is 7.92. The summed E-state index contributed by atoms with van der Waals surface area (Å²) in [6.07, 6.45) is 3.56. The summed E-state index contributed by atoms with van der Waals surface area (Å²) in [6, 6.07) is 14.2. The first-order chi connectivity index (χ1) is 10.2. The number of benzene rings is 1. The molecule has 1 aromatic carbocycles.